The van der Waals surface area contributed by atoms with Crippen LogP contribution < -0.4 is 14.4 Å². The van der Waals surface area contributed by atoms with Gasteiger partial charge in [0.2, 0.25) is 0 Å². The molecule has 0 saturated carbocycles. The molecule has 1 amide bonds. The summed E-state index contributed by atoms with van der Waals surface area (Å²) in [6, 6.07) is 19.4. The summed E-state index contributed by atoms with van der Waals surface area (Å²) in [5.74, 6) is 0.284. The van der Waals surface area contributed by atoms with Gasteiger partial charge in [0.05, 0.1) is 18.2 Å². The van der Waals surface area contributed by atoms with Gasteiger partial charge in [0, 0.05) is 17.7 Å². The van der Waals surface area contributed by atoms with Gasteiger partial charge in [0.15, 0.2) is 0 Å². The minimum absolute atomic E-state index is 0.0518. The molecule has 1 fully saturated rings. The van der Waals surface area contributed by atoms with E-state index < -0.39 is 17.7 Å². The van der Waals surface area contributed by atoms with Gasteiger partial charge in [-0.15, -0.1) is 0 Å². The molecule has 3 aromatic carbocycles. The van der Waals surface area contributed by atoms with Crippen LogP contribution >= 0.6 is 0 Å². The monoisotopic (exact) mass is 497 g/mol. The number of Topliss-reactive ketones (excluding diaryl/α,β-unsaturated/α-hetero) is 1. The number of nitrogens with zero attached hydrogens (tertiary/aromatic N) is 1. The molecule has 0 aliphatic carbocycles. The van der Waals surface area contributed by atoms with Crippen LogP contribution in [-0.4, -0.2) is 29.5 Å². The average molecular weight is 498 g/mol. The fourth-order valence-corrected chi connectivity index (χ4v) is 4.85. The number of ether oxygens (including phenoxy) is 2. The predicted octanol–water partition coefficient (Wildman–Crippen LogP) is 5.98. The Morgan fingerprint density at radius 3 is 2.43 bits per heavy atom. The maximum absolute atomic E-state index is 13.4. The summed E-state index contributed by atoms with van der Waals surface area (Å²) in [5.41, 5.74) is 3.85. The van der Waals surface area contributed by atoms with Crippen LogP contribution in [0.1, 0.15) is 49.1 Å². The lowest BCUT2D eigenvalue weighted by Gasteiger charge is -2.26. The van der Waals surface area contributed by atoms with Crippen molar-refractivity contribution >= 4 is 23.1 Å². The molecule has 5 rings (SSSR count). The molecule has 0 bridgehead atoms. The van der Waals surface area contributed by atoms with Crippen molar-refractivity contribution in [1.82, 2.24) is 0 Å². The summed E-state index contributed by atoms with van der Waals surface area (Å²) < 4.78 is 11.6. The van der Waals surface area contributed by atoms with E-state index in [4.69, 9.17) is 9.47 Å². The third-order valence-corrected chi connectivity index (χ3v) is 6.71. The van der Waals surface area contributed by atoms with Crippen LogP contribution in [-0.2, 0) is 16.0 Å². The highest BCUT2D eigenvalue weighted by atomic mass is 16.5. The van der Waals surface area contributed by atoms with Crippen molar-refractivity contribution in [2.24, 2.45) is 5.92 Å². The van der Waals surface area contributed by atoms with Crippen LogP contribution in [0, 0.1) is 12.8 Å². The molecule has 0 radical (unpaired) electrons. The Morgan fingerprint density at radius 1 is 1.05 bits per heavy atom. The zero-order valence-corrected chi connectivity index (χ0v) is 21.5. The molecule has 2 heterocycles. The van der Waals surface area contributed by atoms with Gasteiger partial charge in [-0.3, -0.25) is 14.5 Å². The molecule has 2 unspecified atom stereocenters. The summed E-state index contributed by atoms with van der Waals surface area (Å²) in [6.45, 7) is 8.69. The van der Waals surface area contributed by atoms with Crippen LogP contribution in [0.25, 0.3) is 5.76 Å². The molecule has 6 heteroatoms. The van der Waals surface area contributed by atoms with Gasteiger partial charge >= 0.3 is 0 Å². The lowest BCUT2D eigenvalue weighted by Crippen LogP contribution is -2.29. The Morgan fingerprint density at radius 2 is 1.76 bits per heavy atom. The van der Waals surface area contributed by atoms with Gasteiger partial charge in [-0.2, -0.15) is 0 Å². The predicted molar refractivity (Wildman–Crippen MR) is 143 cm³/mol. The van der Waals surface area contributed by atoms with E-state index in [0.29, 0.717) is 35.1 Å². The highest BCUT2D eigenvalue weighted by molar-refractivity contribution is 6.51. The van der Waals surface area contributed by atoms with Gasteiger partial charge in [-0.25, -0.2) is 0 Å². The molecule has 3 aromatic rings. The van der Waals surface area contributed by atoms with Crippen molar-refractivity contribution in [3.05, 3.63) is 94.6 Å². The topological polar surface area (TPSA) is 76.1 Å². The molecule has 6 nitrogen and oxygen atoms in total. The fraction of sp³-hybridized carbons (Fsp3) is 0.290. The molecule has 37 heavy (non-hydrogen) atoms. The molecule has 1 N–H and O–H groups in total. The third kappa shape index (κ3) is 4.71. The summed E-state index contributed by atoms with van der Waals surface area (Å²) in [5, 5.41) is 11.5. The molecule has 190 valence electrons. The zero-order valence-electron chi connectivity index (χ0n) is 21.5. The van der Waals surface area contributed by atoms with Crippen LogP contribution in [0.5, 0.6) is 11.5 Å². The van der Waals surface area contributed by atoms with E-state index in [1.165, 1.54) is 4.90 Å². The first-order chi connectivity index (χ1) is 17.7. The standard InChI is InChI=1S/C31H31NO5/c1-18(2)17-36-25-12-7-21(8-13-25)28-27(29(33)22-9-14-26-23(16-22)15-20(4)37-26)30(34)31(35)32(28)24-10-5-19(3)6-11-24/h5-14,16,18,20,28,33H,15,17H2,1-4H3/b29-27-. The first-order valence-corrected chi connectivity index (χ1v) is 12.6. The first-order valence-electron chi connectivity index (χ1n) is 12.6. The number of carbonyl (C=O) groups is 2. The highest BCUT2D eigenvalue weighted by Gasteiger charge is 2.47. The normalized spacial score (nSPS) is 20.3. The number of ketones is 1. The minimum atomic E-state index is -0.787. The number of benzene rings is 3. The van der Waals surface area contributed by atoms with Crippen molar-refractivity contribution in [3.8, 4) is 11.5 Å². The average Bonchev–Trinajstić information content (AvgIpc) is 3.38. The highest BCUT2D eigenvalue weighted by Crippen LogP contribution is 2.43. The van der Waals surface area contributed by atoms with E-state index in [2.05, 4.69) is 13.8 Å². The van der Waals surface area contributed by atoms with E-state index in [0.717, 1.165) is 23.3 Å². The van der Waals surface area contributed by atoms with Gasteiger partial charge in [-0.05, 0) is 73.4 Å². The van der Waals surface area contributed by atoms with Crippen LogP contribution in [0.2, 0.25) is 0 Å². The number of hydrogen-bond acceptors (Lipinski definition) is 5. The maximum atomic E-state index is 13.4. The van der Waals surface area contributed by atoms with Crippen LogP contribution in [0.4, 0.5) is 5.69 Å². The van der Waals surface area contributed by atoms with Gasteiger partial charge in [0.1, 0.15) is 23.4 Å². The molecule has 2 aliphatic heterocycles. The van der Waals surface area contributed by atoms with Gasteiger partial charge in [0.25, 0.3) is 11.7 Å². The number of carbonyl (C=O) groups excluding carboxylic acids is 2. The Balaban J connectivity index is 1.61. The smallest absolute Gasteiger partial charge is 0.300 e. The minimum Gasteiger partial charge on any atom is -0.507 e. The number of aliphatic hydroxyl groups excluding tert-OH is 1. The van der Waals surface area contributed by atoms with E-state index in [1.807, 2.05) is 68.4 Å². The summed E-state index contributed by atoms with van der Waals surface area (Å²) >= 11 is 0. The molecule has 0 spiro atoms. The van der Waals surface area contributed by atoms with Crippen LogP contribution in [0.3, 0.4) is 0 Å². The van der Waals surface area contributed by atoms with Crippen LogP contribution in [0.15, 0.2) is 72.3 Å². The summed E-state index contributed by atoms with van der Waals surface area (Å²) in [4.78, 5) is 28.3. The van der Waals surface area contributed by atoms with Crippen molar-refractivity contribution in [3.63, 3.8) is 0 Å². The van der Waals surface area contributed by atoms with E-state index in [1.54, 1.807) is 12.1 Å². The third-order valence-electron chi connectivity index (χ3n) is 6.71. The van der Waals surface area contributed by atoms with E-state index in [9.17, 15) is 14.7 Å². The number of amides is 1. The molecule has 2 aliphatic rings. The van der Waals surface area contributed by atoms with Gasteiger partial charge in [-0.1, -0.05) is 43.7 Å². The van der Waals surface area contributed by atoms with Gasteiger partial charge < -0.3 is 14.6 Å². The number of aryl methyl sites for hydroxylation is 1. The lowest BCUT2D eigenvalue weighted by molar-refractivity contribution is -0.132. The Kier molecular flexibility index (Phi) is 6.50. The Bertz CT molecular complexity index is 1370. The summed E-state index contributed by atoms with van der Waals surface area (Å²) in [7, 11) is 0. The second kappa shape index (κ2) is 9.77. The zero-order chi connectivity index (χ0) is 26.3. The number of anilines is 1. The summed E-state index contributed by atoms with van der Waals surface area (Å²) in [6.07, 6.45) is 0.769. The van der Waals surface area contributed by atoms with Crippen molar-refractivity contribution < 1.29 is 24.2 Å². The number of hydrogen-bond donors (Lipinski definition) is 1. The quantitative estimate of drug-likeness (QED) is 0.258. The van der Waals surface area contributed by atoms with Crippen molar-refractivity contribution in [2.75, 3.05) is 11.5 Å². The molecule has 2 atom stereocenters. The van der Waals surface area contributed by atoms with E-state index in [-0.39, 0.29) is 17.4 Å². The molecular weight excluding hydrogens is 466 g/mol. The Hall–Kier alpha value is -4.06. The SMILES string of the molecule is Cc1ccc(N2C(=O)C(=O)/C(=C(\O)c3ccc4c(c3)CC(C)O4)C2c2ccc(OCC(C)C)cc2)cc1. The Labute approximate surface area is 217 Å². The molecule has 0 aromatic heterocycles. The van der Waals surface area contributed by atoms with Crippen molar-refractivity contribution in [2.45, 2.75) is 46.3 Å². The van der Waals surface area contributed by atoms with E-state index >= 15 is 0 Å². The second-order valence-electron chi connectivity index (χ2n) is 10.2. The molecular formula is C31H31NO5. The number of aliphatic hydroxyl groups is 1. The lowest BCUT2D eigenvalue weighted by atomic mass is 9.94. The number of fused-ring (bicyclic) bond motifs is 1. The van der Waals surface area contributed by atoms with Crippen molar-refractivity contribution in [1.29, 1.82) is 0 Å². The fourth-order valence-electron chi connectivity index (χ4n) is 4.85. The molecule has 1 saturated heterocycles. The number of rotatable bonds is 6. The first kappa shape index (κ1) is 24.6. The second-order valence-corrected chi connectivity index (χ2v) is 10.2. The maximum Gasteiger partial charge on any atom is 0.300 e. The largest absolute Gasteiger partial charge is 0.507 e.